The number of hydrogen-bond donors (Lipinski definition) is 2. The number of rotatable bonds is 12. The molecule has 6 heteroatoms. The molecule has 0 fully saturated rings. The summed E-state index contributed by atoms with van der Waals surface area (Å²) in [7, 11) is 1.64. The maximum atomic E-state index is 12.0. The Morgan fingerprint density at radius 1 is 0.902 bits per heavy atom. The topological polar surface area (TPSA) is 71.5 Å². The Kier molecular flexibility index (Phi) is 9.34. The standard InChI is InChI=1S/C35H34N2O3S/c1-24-18-32(21-33-34(24)36-22-28(23-39)35(33)37-29-10-7-11-30(20-29)40-2)41-31-12-6-9-27(19-31)26-15-13-25(14-16-26)8-4-3-5-17-38/h6-7,9-16,18-23,38H,3-5,8,17H2,1-2H3,(H,36,37). The van der Waals surface area contributed by atoms with Crippen LogP contribution >= 0.6 is 11.8 Å². The molecule has 0 bridgehead atoms. The SMILES string of the molecule is COc1cccc(Nc2c(C=O)cnc3c(C)cc(Sc4cccc(-c5ccc(CCCCCO)cc5)c4)cc23)c1. The zero-order chi connectivity index (χ0) is 28.6. The number of methoxy groups -OCH3 is 1. The van der Waals surface area contributed by atoms with Gasteiger partial charge in [0.1, 0.15) is 5.75 Å². The van der Waals surface area contributed by atoms with E-state index in [0.717, 1.165) is 75.4 Å². The Labute approximate surface area is 245 Å². The normalized spacial score (nSPS) is 11.0. The molecule has 208 valence electrons. The minimum Gasteiger partial charge on any atom is -0.497 e. The minimum absolute atomic E-state index is 0.268. The number of nitrogens with one attached hydrogen (secondary N) is 1. The average Bonchev–Trinajstić information content (AvgIpc) is 3.00. The number of aliphatic hydroxyl groups excluding tert-OH is 1. The number of anilines is 2. The van der Waals surface area contributed by atoms with Crippen molar-refractivity contribution in [2.75, 3.05) is 19.0 Å². The van der Waals surface area contributed by atoms with E-state index in [4.69, 9.17) is 9.84 Å². The summed E-state index contributed by atoms with van der Waals surface area (Å²) in [4.78, 5) is 18.8. The summed E-state index contributed by atoms with van der Waals surface area (Å²) in [6.07, 6.45) is 6.52. The fraction of sp³-hybridized carbons (Fsp3) is 0.200. The van der Waals surface area contributed by atoms with Crippen LogP contribution in [0.15, 0.2) is 101 Å². The summed E-state index contributed by atoms with van der Waals surface area (Å²) in [5.74, 6) is 0.737. The molecular weight excluding hydrogens is 528 g/mol. The molecule has 0 amide bonds. The van der Waals surface area contributed by atoms with Crippen LogP contribution in [-0.2, 0) is 6.42 Å². The highest BCUT2D eigenvalue weighted by Crippen LogP contribution is 2.37. The zero-order valence-corrected chi connectivity index (χ0v) is 24.2. The molecule has 5 rings (SSSR count). The van der Waals surface area contributed by atoms with Crippen molar-refractivity contribution in [3.8, 4) is 16.9 Å². The second kappa shape index (κ2) is 13.5. The molecule has 1 aromatic heterocycles. The van der Waals surface area contributed by atoms with Crippen LogP contribution in [-0.4, -0.2) is 30.1 Å². The highest BCUT2D eigenvalue weighted by molar-refractivity contribution is 7.99. The van der Waals surface area contributed by atoms with Gasteiger partial charge in [-0.1, -0.05) is 60.6 Å². The van der Waals surface area contributed by atoms with Gasteiger partial charge in [0.15, 0.2) is 6.29 Å². The van der Waals surface area contributed by atoms with Gasteiger partial charge in [0.05, 0.1) is 23.9 Å². The molecule has 0 aliphatic rings. The predicted molar refractivity (Wildman–Crippen MR) is 169 cm³/mol. The largest absolute Gasteiger partial charge is 0.497 e. The second-order valence-electron chi connectivity index (χ2n) is 10.1. The molecule has 0 radical (unpaired) electrons. The van der Waals surface area contributed by atoms with Gasteiger partial charge in [-0.25, -0.2) is 0 Å². The van der Waals surface area contributed by atoms with Crippen LogP contribution in [0, 0.1) is 6.92 Å². The van der Waals surface area contributed by atoms with E-state index in [-0.39, 0.29) is 6.61 Å². The molecule has 0 saturated heterocycles. The van der Waals surface area contributed by atoms with Crippen molar-refractivity contribution in [2.45, 2.75) is 42.4 Å². The van der Waals surface area contributed by atoms with Crippen LogP contribution in [0.1, 0.15) is 40.7 Å². The van der Waals surface area contributed by atoms with Gasteiger partial charge in [0.2, 0.25) is 0 Å². The van der Waals surface area contributed by atoms with Crippen LogP contribution in [0.25, 0.3) is 22.0 Å². The first-order chi connectivity index (χ1) is 20.1. The number of pyridine rings is 1. The van der Waals surface area contributed by atoms with Gasteiger partial charge in [-0.05, 0) is 84.8 Å². The van der Waals surface area contributed by atoms with Crippen molar-refractivity contribution >= 4 is 40.3 Å². The third-order valence-corrected chi connectivity index (χ3v) is 8.07. The number of fused-ring (bicyclic) bond motifs is 1. The average molecular weight is 563 g/mol. The number of ether oxygens (including phenoxy) is 1. The number of aromatic nitrogens is 1. The number of carbonyl (C=O) groups excluding carboxylic acids is 1. The fourth-order valence-electron chi connectivity index (χ4n) is 4.95. The van der Waals surface area contributed by atoms with E-state index in [1.165, 1.54) is 16.7 Å². The highest BCUT2D eigenvalue weighted by Gasteiger charge is 2.13. The number of unbranched alkanes of at least 4 members (excludes halogenated alkanes) is 2. The van der Waals surface area contributed by atoms with Crippen molar-refractivity contribution in [3.05, 3.63) is 108 Å². The van der Waals surface area contributed by atoms with E-state index < -0.39 is 0 Å². The van der Waals surface area contributed by atoms with E-state index in [1.54, 1.807) is 25.1 Å². The van der Waals surface area contributed by atoms with Crippen LogP contribution in [0.5, 0.6) is 5.75 Å². The number of aliphatic hydroxyl groups is 1. The van der Waals surface area contributed by atoms with E-state index >= 15 is 0 Å². The molecule has 41 heavy (non-hydrogen) atoms. The van der Waals surface area contributed by atoms with Gasteiger partial charge >= 0.3 is 0 Å². The first-order valence-electron chi connectivity index (χ1n) is 13.9. The Hall–Kier alpha value is -4.13. The third kappa shape index (κ3) is 6.96. The summed E-state index contributed by atoms with van der Waals surface area (Å²) in [6, 6.07) is 29.3. The van der Waals surface area contributed by atoms with Gasteiger partial charge in [0, 0.05) is 39.7 Å². The maximum Gasteiger partial charge on any atom is 0.153 e. The van der Waals surface area contributed by atoms with Crippen LogP contribution < -0.4 is 10.1 Å². The van der Waals surface area contributed by atoms with Gasteiger partial charge in [0.25, 0.3) is 0 Å². The third-order valence-electron chi connectivity index (χ3n) is 7.11. The molecular formula is C35H34N2O3S. The number of benzene rings is 4. The molecule has 0 saturated carbocycles. The Bertz CT molecular complexity index is 1650. The van der Waals surface area contributed by atoms with Gasteiger partial charge in [-0.2, -0.15) is 0 Å². The smallest absolute Gasteiger partial charge is 0.153 e. The zero-order valence-electron chi connectivity index (χ0n) is 23.4. The lowest BCUT2D eigenvalue weighted by Crippen LogP contribution is -2.00. The maximum absolute atomic E-state index is 12.0. The van der Waals surface area contributed by atoms with E-state index in [1.807, 2.05) is 24.3 Å². The Morgan fingerprint density at radius 3 is 2.51 bits per heavy atom. The second-order valence-corrected chi connectivity index (χ2v) is 11.2. The fourth-order valence-corrected chi connectivity index (χ4v) is 5.97. The highest BCUT2D eigenvalue weighted by atomic mass is 32.2. The number of aryl methyl sites for hydroxylation is 2. The first kappa shape index (κ1) is 28.4. The van der Waals surface area contributed by atoms with Crippen molar-refractivity contribution in [3.63, 3.8) is 0 Å². The summed E-state index contributed by atoms with van der Waals surface area (Å²) in [6.45, 7) is 2.32. The van der Waals surface area contributed by atoms with Crippen LogP contribution in [0.3, 0.4) is 0 Å². The monoisotopic (exact) mass is 562 g/mol. The lowest BCUT2D eigenvalue weighted by molar-refractivity contribution is 0.112. The molecule has 1 heterocycles. The van der Waals surface area contributed by atoms with E-state index in [0.29, 0.717) is 5.56 Å². The van der Waals surface area contributed by atoms with Crippen LogP contribution in [0.4, 0.5) is 11.4 Å². The molecule has 0 spiro atoms. The summed E-state index contributed by atoms with van der Waals surface area (Å²) < 4.78 is 5.38. The van der Waals surface area contributed by atoms with Crippen LogP contribution in [0.2, 0.25) is 0 Å². The first-order valence-corrected chi connectivity index (χ1v) is 14.7. The van der Waals surface area contributed by atoms with E-state index in [2.05, 4.69) is 77.9 Å². The number of nitrogens with zero attached hydrogens (tertiary/aromatic N) is 1. The van der Waals surface area contributed by atoms with Gasteiger partial charge in [-0.3, -0.25) is 9.78 Å². The summed E-state index contributed by atoms with van der Waals surface area (Å²) in [5.41, 5.74) is 7.65. The lowest BCUT2D eigenvalue weighted by Gasteiger charge is -2.15. The predicted octanol–water partition coefficient (Wildman–Crippen LogP) is 8.63. The molecule has 0 unspecified atom stereocenters. The Balaban J connectivity index is 1.42. The quantitative estimate of drug-likeness (QED) is 0.117. The molecule has 5 aromatic rings. The van der Waals surface area contributed by atoms with Crippen molar-refractivity contribution < 1.29 is 14.6 Å². The number of aldehydes is 1. The molecule has 0 aliphatic carbocycles. The lowest BCUT2D eigenvalue weighted by atomic mass is 10.0. The summed E-state index contributed by atoms with van der Waals surface area (Å²) >= 11 is 1.69. The number of carbonyl (C=O) groups is 1. The molecule has 5 nitrogen and oxygen atoms in total. The van der Waals surface area contributed by atoms with Gasteiger partial charge in [-0.15, -0.1) is 0 Å². The van der Waals surface area contributed by atoms with Crippen molar-refractivity contribution in [2.24, 2.45) is 0 Å². The molecule has 4 aromatic carbocycles. The van der Waals surface area contributed by atoms with E-state index in [9.17, 15) is 4.79 Å². The molecule has 2 N–H and O–H groups in total. The summed E-state index contributed by atoms with van der Waals surface area (Å²) in [5, 5.41) is 13.3. The van der Waals surface area contributed by atoms with Crippen molar-refractivity contribution in [1.29, 1.82) is 0 Å². The Morgan fingerprint density at radius 2 is 1.73 bits per heavy atom. The molecule has 0 atom stereocenters. The van der Waals surface area contributed by atoms with Gasteiger partial charge < -0.3 is 15.2 Å². The van der Waals surface area contributed by atoms with Crippen molar-refractivity contribution in [1.82, 2.24) is 4.98 Å². The molecule has 0 aliphatic heterocycles. The minimum atomic E-state index is 0.268. The number of hydrogen-bond acceptors (Lipinski definition) is 6.